The van der Waals surface area contributed by atoms with Gasteiger partial charge >= 0.3 is 6.18 Å². The Hall–Kier alpha value is -5.20. The Morgan fingerprint density at radius 1 is 0.867 bits per heavy atom. The molecule has 4 aromatic rings. The van der Waals surface area contributed by atoms with E-state index in [9.17, 15) is 36.3 Å². The average molecular weight is 628 g/mol. The van der Waals surface area contributed by atoms with Crippen LogP contribution in [0.2, 0.25) is 0 Å². The van der Waals surface area contributed by atoms with E-state index in [0.717, 1.165) is 34.2 Å². The van der Waals surface area contributed by atoms with Crippen molar-refractivity contribution in [3.8, 4) is 11.5 Å². The highest BCUT2D eigenvalue weighted by Gasteiger charge is 2.37. The Bertz CT molecular complexity index is 1700. The summed E-state index contributed by atoms with van der Waals surface area (Å²) in [6, 6.07) is 17.7. The zero-order valence-corrected chi connectivity index (χ0v) is 23.7. The first-order valence-corrected chi connectivity index (χ1v) is 13.7. The van der Waals surface area contributed by atoms with Crippen LogP contribution in [-0.2, 0) is 28.6 Å². The number of hydrogen-bond acceptors (Lipinski definition) is 5. The van der Waals surface area contributed by atoms with Crippen LogP contribution in [0.15, 0.2) is 83.3 Å². The smallest absolute Gasteiger partial charge is 0.449 e. The molecule has 1 heterocycles. The summed E-state index contributed by atoms with van der Waals surface area (Å²) >= 11 is 0. The molecule has 0 saturated carbocycles. The monoisotopic (exact) mass is 627 g/mol. The number of amides is 3. The summed E-state index contributed by atoms with van der Waals surface area (Å²) in [6.45, 7) is -1.28. The number of nitrogens with one attached hydrogen (secondary N) is 1. The molecule has 1 aliphatic carbocycles. The van der Waals surface area contributed by atoms with Crippen molar-refractivity contribution in [1.82, 2.24) is 9.80 Å². The number of carbonyl (C=O) groups is 3. The molecule has 0 unspecified atom stereocenters. The van der Waals surface area contributed by atoms with Crippen LogP contribution in [0, 0.1) is 11.6 Å². The number of carbonyl (C=O) groups excluding carboxylic acids is 3. The first-order chi connectivity index (χ1) is 21.4. The molecule has 8 nitrogen and oxygen atoms in total. The number of nitrogens with zero attached hydrogens (tertiary/aromatic N) is 2. The van der Waals surface area contributed by atoms with Crippen LogP contribution in [0.1, 0.15) is 27.4 Å². The zero-order chi connectivity index (χ0) is 32.3. The number of halogens is 5. The fraction of sp³-hybridized carbons (Fsp3) is 0.219. The van der Waals surface area contributed by atoms with Crippen LogP contribution in [-0.4, -0.2) is 53.7 Å². The summed E-state index contributed by atoms with van der Waals surface area (Å²) in [4.78, 5) is 41.8. The number of furan rings is 1. The number of ether oxygens (including phenoxy) is 1. The number of anilines is 1. The molecular weight excluding hydrogens is 601 g/mol. The molecule has 45 heavy (non-hydrogen) atoms. The SMILES string of the molecule is CN(C(=O)CN(CC(=O)Nc1ccc(Oc2ccc(F)c(F)c2)cc1)C(=O)c1ccc(C(F)(F)F)o1)C1Cc2ccccc2C1. The van der Waals surface area contributed by atoms with Gasteiger partial charge in [0.1, 0.15) is 24.6 Å². The molecule has 0 atom stereocenters. The number of alkyl halides is 3. The second kappa shape index (κ2) is 12.8. The van der Waals surface area contributed by atoms with E-state index in [-0.39, 0.29) is 23.2 Å². The summed E-state index contributed by atoms with van der Waals surface area (Å²) in [5.74, 6) is -6.24. The van der Waals surface area contributed by atoms with Crippen molar-refractivity contribution >= 4 is 23.4 Å². The lowest BCUT2D eigenvalue weighted by atomic mass is 10.1. The maximum Gasteiger partial charge on any atom is 0.449 e. The van der Waals surface area contributed by atoms with E-state index in [0.29, 0.717) is 18.9 Å². The minimum Gasteiger partial charge on any atom is -0.457 e. The van der Waals surface area contributed by atoms with E-state index < -0.39 is 60.1 Å². The molecule has 234 valence electrons. The van der Waals surface area contributed by atoms with E-state index in [1.807, 2.05) is 24.3 Å². The Morgan fingerprint density at radius 3 is 2.11 bits per heavy atom. The molecule has 0 spiro atoms. The molecule has 3 aromatic carbocycles. The summed E-state index contributed by atoms with van der Waals surface area (Å²) in [7, 11) is 1.57. The molecule has 1 aliphatic rings. The van der Waals surface area contributed by atoms with Gasteiger partial charge in [-0.2, -0.15) is 13.2 Å². The third-order valence-electron chi connectivity index (χ3n) is 7.28. The quantitative estimate of drug-likeness (QED) is 0.227. The van der Waals surface area contributed by atoms with Gasteiger partial charge in [-0.05, 0) is 72.5 Å². The number of benzene rings is 3. The van der Waals surface area contributed by atoms with Crippen molar-refractivity contribution in [1.29, 1.82) is 0 Å². The highest BCUT2D eigenvalue weighted by atomic mass is 19.4. The van der Waals surface area contributed by atoms with Crippen molar-refractivity contribution < 1.29 is 45.5 Å². The maximum absolute atomic E-state index is 13.5. The lowest BCUT2D eigenvalue weighted by Gasteiger charge is -2.28. The zero-order valence-electron chi connectivity index (χ0n) is 23.7. The molecule has 0 bridgehead atoms. The van der Waals surface area contributed by atoms with Gasteiger partial charge in [-0.15, -0.1) is 0 Å². The molecule has 13 heteroatoms. The third-order valence-corrected chi connectivity index (χ3v) is 7.28. The van der Waals surface area contributed by atoms with Crippen LogP contribution < -0.4 is 10.1 Å². The number of hydrogen-bond donors (Lipinski definition) is 1. The van der Waals surface area contributed by atoms with Gasteiger partial charge in [-0.3, -0.25) is 14.4 Å². The number of fused-ring (bicyclic) bond motifs is 1. The van der Waals surface area contributed by atoms with Crippen LogP contribution in [0.5, 0.6) is 11.5 Å². The molecular formula is C32H26F5N3O5. The summed E-state index contributed by atoms with van der Waals surface area (Å²) in [5, 5.41) is 2.55. The first kappa shape index (κ1) is 31.2. The van der Waals surface area contributed by atoms with E-state index >= 15 is 0 Å². The molecule has 1 aromatic heterocycles. The molecule has 5 rings (SSSR count). The van der Waals surface area contributed by atoms with Crippen molar-refractivity contribution in [2.45, 2.75) is 25.1 Å². The molecule has 0 aliphatic heterocycles. The van der Waals surface area contributed by atoms with Crippen molar-refractivity contribution in [3.05, 3.63) is 113 Å². The molecule has 0 fully saturated rings. The Labute approximate surface area is 254 Å². The lowest BCUT2D eigenvalue weighted by molar-refractivity contribution is -0.153. The van der Waals surface area contributed by atoms with Gasteiger partial charge in [0.2, 0.25) is 17.6 Å². The Kier molecular flexibility index (Phi) is 8.89. The fourth-order valence-corrected chi connectivity index (χ4v) is 4.91. The van der Waals surface area contributed by atoms with Crippen LogP contribution in [0.3, 0.4) is 0 Å². The second-order valence-corrected chi connectivity index (χ2v) is 10.4. The van der Waals surface area contributed by atoms with E-state index in [2.05, 4.69) is 5.32 Å². The molecule has 0 radical (unpaired) electrons. The fourth-order valence-electron chi connectivity index (χ4n) is 4.91. The van der Waals surface area contributed by atoms with Gasteiger partial charge in [0, 0.05) is 24.8 Å². The Balaban J connectivity index is 1.27. The summed E-state index contributed by atoms with van der Waals surface area (Å²) in [5.41, 5.74) is 2.44. The molecule has 0 saturated heterocycles. The standard InChI is InChI=1S/C32H26F5N3O5/c1-39(22-14-19-4-2-3-5-20(19)15-22)30(42)18-40(31(43)27-12-13-28(45-27)32(35,36)37)17-29(41)38-21-6-8-23(9-7-21)44-24-10-11-25(33)26(34)16-24/h2-13,16,22H,14-15,17-18H2,1H3,(H,38,41). The highest BCUT2D eigenvalue weighted by Crippen LogP contribution is 2.31. The van der Waals surface area contributed by atoms with E-state index in [4.69, 9.17) is 9.15 Å². The van der Waals surface area contributed by atoms with E-state index in [1.165, 1.54) is 35.2 Å². The van der Waals surface area contributed by atoms with Gasteiger partial charge in [0.05, 0.1) is 0 Å². The topological polar surface area (TPSA) is 92.1 Å². The predicted octanol–water partition coefficient (Wildman–Crippen LogP) is 6.08. The molecule has 1 N–H and O–H groups in total. The lowest BCUT2D eigenvalue weighted by Crippen LogP contribution is -2.47. The van der Waals surface area contributed by atoms with Gasteiger partial charge in [-0.1, -0.05) is 24.3 Å². The highest BCUT2D eigenvalue weighted by molar-refractivity contribution is 5.99. The van der Waals surface area contributed by atoms with Crippen molar-refractivity contribution in [2.75, 3.05) is 25.5 Å². The van der Waals surface area contributed by atoms with Gasteiger partial charge in [0.15, 0.2) is 17.4 Å². The van der Waals surface area contributed by atoms with Gasteiger partial charge < -0.3 is 24.3 Å². The Morgan fingerprint density at radius 2 is 1.51 bits per heavy atom. The second-order valence-electron chi connectivity index (χ2n) is 10.4. The van der Waals surface area contributed by atoms with Crippen LogP contribution in [0.4, 0.5) is 27.6 Å². The maximum atomic E-state index is 13.5. The first-order valence-electron chi connectivity index (χ1n) is 13.7. The molecule has 3 amide bonds. The van der Waals surface area contributed by atoms with Crippen LogP contribution >= 0.6 is 0 Å². The predicted molar refractivity (Wildman–Crippen MR) is 152 cm³/mol. The number of likely N-dealkylation sites (N-methyl/N-ethyl adjacent to an activating group) is 1. The third kappa shape index (κ3) is 7.48. The summed E-state index contributed by atoms with van der Waals surface area (Å²) in [6.07, 6.45) is -3.65. The van der Waals surface area contributed by atoms with Gasteiger partial charge in [0.25, 0.3) is 5.91 Å². The average Bonchev–Trinajstić information content (AvgIpc) is 3.67. The van der Waals surface area contributed by atoms with Crippen LogP contribution in [0.25, 0.3) is 0 Å². The van der Waals surface area contributed by atoms with Crippen molar-refractivity contribution in [2.24, 2.45) is 0 Å². The number of rotatable bonds is 9. The largest absolute Gasteiger partial charge is 0.457 e. The van der Waals surface area contributed by atoms with E-state index in [1.54, 1.807) is 7.05 Å². The summed E-state index contributed by atoms with van der Waals surface area (Å²) < 4.78 is 76.2. The van der Waals surface area contributed by atoms with Gasteiger partial charge in [-0.25, -0.2) is 8.78 Å². The van der Waals surface area contributed by atoms with Crippen molar-refractivity contribution in [3.63, 3.8) is 0 Å². The minimum absolute atomic E-state index is 0.0440. The minimum atomic E-state index is -4.84. The normalized spacial score (nSPS) is 12.8.